The van der Waals surface area contributed by atoms with Gasteiger partial charge in [0.05, 0.1) is 23.6 Å². The van der Waals surface area contributed by atoms with Crippen LogP contribution < -0.4 is 0 Å². The Morgan fingerprint density at radius 2 is 2.33 bits per heavy atom. The molecule has 1 heterocycles. The molecule has 0 spiro atoms. The highest BCUT2D eigenvalue weighted by Gasteiger charge is 2.28. The second-order valence-electron chi connectivity index (χ2n) is 4.44. The van der Waals surface area contributed by atoms with Crippen LogP contribution in [0.1, 0.15) is 38.3 Å². The molecule has 1 fully saturated rings. The first-order chi connectivity index (χ1) is 7.29. The van der Waals surface area contributed by atoms with E-state index in [0.717, 1.165) is 30.4 Å². The molecule has 3 unspecified atom stereocenters. The predicted molar refractivity (Wildman–Crippen MR) is 64.4 cm³/mol. The van der Waals surface area contributed by atoms with E-state index in [1.165, 1.54) is 31.0 Å². The van der Waals surface area contributed by atoms with Gasteiger partial charge in [-0.3, -0.25) is 0 Å². The number of hydrogen-bond donors (Lipinski definition) is 0. The third-order valence-corrected chi connectivity index (χ3v) is 4.39. The molecule has 0 saturated heterocycles. The van der Waals surface area contributed by atoms with Gasteiger partial charge in [-0.05, 0) is 37.5 Å². The Hall–Kier alpha value is -0.150. The van der Waals surface area contributed by atoms with Gasteiger partial charge in [0.1, 0.15) is 0 Å². The summed E-state index contributed by atoms with van der Waals surface area (Å²) in [6, 6.07) is 0. The summed E-state index contributed by atoms with van der Waals surface area (Å²) in [6.45, 7) is 2.28. The highest BCUT2D eigenvalue weighted by atomic mass is 35.5. The zero-order chi connectivity index (χ0) is 10.7. The van der Waals surface area contributed by atoms with Crippen LogP contribution in [0.5, 0.6) is 0 Å². The molecule has 2 nitrogen and oxygen atoms in total. The Balaban J connectivity index is 1.98. The molecular weight excluding hydrogens is 228 g/mol. The van der Waals surface area contributed by atoms with Gasteiger partial charge in [-0.2, -0.15) is 8.75 Å². The zero-order valence-corrected chi connectivity index (χ0v) is 10.6. The van der Waals surface area contributed by atoms with Crippen molar-refractivity contribution in [1.82, 2.24) is 8.75 Å². The van der Waals surface area contributed by atoms with Crippen molar-refractivity contribution in [3.8, 4) is 0 Å². The van der Waals surface area contributed by atoms with E-state index in [-0.39, 0.29) is 0 Å². The maximum Gasteiger partial charge on any atom is 0.0745 e. The lowest BCUT2D eigenvalue weighted by atomic mass is 9.75. The average Bonchev–Trinajstić information content (AvgIpc) is 2.71. The first-order valence-electron chi connectivity index (χ1n) is 5.70. The number of rotatable bonds is 3. The van der Waals surface area contributed by atoms with Crippen LogP contribution in [0.25, 0.3) is 0 Å². The minimum absolute atomic E-state index is 0.379. The van der Waals surface area contributed by atoms with E-state index in [0.29, 0.717) is 5.38 Å². The average molecular weight is 245 g/mol. The van der Waals surface area contributed by atoms with Crippen molar-refractivity contribution < 1.29 is 0 Å². The van der Waals surface area contributed by atoms with Crippen LogP contribution >= 0.6 is 23.3 Å². The first-order valence-corrected chi connectivity index (χ1v) is 6.86. The lowest BCUT2D eigenvalue weighted by molar-refractivity contribution is 0.231. The van der Waals surface area contributed by atoms with Gasteiger partial charge in [0, 0.05) is 5.38 Å². The quantitative estimate of drug-likeness (QED) is 0.761. The highest BCUT2D eigenvalue weighted by Crippen LogP contribution is 2.36. The van der Waals surface area contributed by atoms with Gasteiger partial charge in [0.25, 0.3) is 0 Å². The van der Waals surface area contributed by atoms with E-state index in [1.54, 1.807) is 0 Å². The summed E-state index contributed by atoms with van der Waals surface area (Å²) in [5.74, 6) is 1.55. The molecule has 1 aliphatic carbocycles. The van der Waals surface area contributed by atoms with Gasteiger partial charge < -0.3 is 0 Å². The summed E-state index contributed by atoms with van der Waals surface area (Å²) in [7, 11) is 0. The summed E-state index contributed by atoms with van der Waals surface area (Å²) in [5, 5.41) is 0.379. The maximum absolute atomic E-state index is 6.24. The standard InChI is InChI=1S/C11H17ClN2S/c1-2-8-3-4-10(12)5-9(8)6-11-7-13-15-14-11/h7-10H,2-6H2,1H3. The molecule has 2 rings (SSSR count). The van der Waals surface area contributed by atoms with Crippen molar-refractivity contribution in [1.29, 1.82) is 0 Å². The summed E-state index contributed by atoms with van der Waals surface area (Å²) in [4.78, 5) is 0. The van der Waals surface area contributed by atoms with Gasteiger partial charge >= 0.3 is 0 Å². The summed E-state index contributed by atoms with van der Waals surface area (Å²) in [6.07, 6.45) is 7.86. The van der Waals surface area contributed by atoms with Crippen LogP contribution in [0.4, 0.5) is 0 Å². The molecule has 0 amide bonds. The van der Waals surface area contributed by atoms with Crippen LogP contribution in [0.2, 0.25) is 0 Å². The molecule has 4 heteroatoms. The normalized spacial score (nSPS) is 31.7. The second-order valence-corrected chi connectivity index (χ2v) is 5.62. The largest absolute Gasteiger partial charge is 0.181 e. The van der Waals surface area contributed by atoms with E-state index in [9.17, 15) is 0 Å². The number of nitrogens with zero attached hydrogens (tertiary/aromatic N) is 2. The Bertz CT molecular complexity index is 289. The molecule has 1 aliphatic rings. The van der Waals surface area contributed by atoms with Crippen LogP contribution in [0, 0.1) is 11.8 Å². The molecule has 84 valence electrons. The van der Waals surface area contributed by atoms with E-state index in [4.69, 9.17) is 11.6 Å². The van der Waals surface area contributed by atoms with Gasteiger partial charge in [-0.1, -0.05) is 13.3 Å². The second kappa shape index (κ2) is 5.26. The fourth-order valence-corrected chi connectivity index (χ4v) is 3.40. The lowest BCUT2D eigenvalue weighted by Crippen LogP contribution is -2.26. The molecule has 1 aromatic rings. The maximum atomic E-state index is 6.24. The van der Waals surface area contributed by atoms with Crippen LogP contribution in [0.3, 0.4) is 0 Å². The van der Waals surface area contributed by atoms with Crippen molar-refractivity contribution in [2.45, 2.75) is 44.4 Å². The topological polar surface area (TPSA) is 25.8 Å². The van der Waals surface area contributed by atoms with Crippen LogP contribution in [-0.2, 0) is 6.42 Å². The predicted octanol–water partition coefficient (Wildman–Crippen LogP) is 3.51. The lowest BCUT2D eigenvalue weighted by Gasteiger charge is -2.33. The van der Waals surface area contributed by atoms with Gasteiger partial charge in [-0.25, -0.2) is 0 Å². The van der Waals surface area contributed by atoms with Gasteiger partial charge in [0.2, 0.25) is 0 Å². The van der Waals surface area contributed by atoms with E-state index in [1.807, 2.05) is 6.20 Å². The third kappa shape index (κ3) is 2.91. The van der Waals surface area contributed by atoms with Crippen LogP contribution in [-0.4, -0.2) is 14.1 Å². The fourth-order valence-electron chi connectivity index (χ4n) is 2.60. The molecule has 0 radical (unpaired) electrons. The molecule has 0 aromatic carbocycles. The minimum Gasteiger partial charge on any atom is -0.181 e. The molecule has 1 aromatic heterocycles. The summed E-state index contributed by atoms with van der Waals surface area (Å²) in [5.41, 5.74) is 1.15. The van der Waals surface area contributed by atoms with Gasteiger partial charge in [0.15, 0.2) is 0 Å². The Morgan fingerprint density at radius 3 is 3.00 bits per heavy atom. The van der Waals surface area contributed by atoms with E-state index in [2.05, 4.69) is 15.7 Å². The molecular formula is C11H17ClN2S. The molecule has 0 N–H and O–H groups in total. The smallest absolute Gasteiger partial charge is 0.0745 e. The Kier molecular flexibility index (Phi) is 3.98. The van der Waals surface area contributed by atoms with Crippen molar-refractivity contribution >= 4 is 23.3 Å². The highest BCUT2D eigenvalue weighted by molar-refractivity contribution is 6.99. The third-order valence-electron chi connectivity index (χ3n) is 3.48. The summed E-state index contributed by atoms with van der Waals surface area (Å²) < 4.78 is 8.35. The number of hydrogen-bond acceptors (Lipinski definition) is 3. The number of alkyl halides is 1. The SMILES string of the molecule is CCC1CCC(Cl)CC1Cc1cnsn1. The molecule has 3 atom stereocenters. The Morgan fingerprint density at radius 1 is 1.47 bits per heavy atom. The Labute approximate surface area is 100 Å². The minimum atomic E-state index is 0.379. The summed E-state index contributed by atoms with van der Waals surface area (Å²) >= 11 is 7.55. The molecule has 0 aliphatic heterocycles. The molecule has 15 heavy (non-hydrogen) atoms. The van der Waals surface area contributed by atoms with E-state index >= 15 is 0 Å². The van der Waals surface area contributed by atoms with Gasteiger partial charge in [-0.15, -0.1) is 11.6 Å². The van der Waals surface area contributed by atoms with Crippen molar-refractivity contribution in [3.63, 3.8) is 0 Å². The monoisotopic (exact) mass is 244 g/mol. The first kappa shape index (κ1) is 11.3. The number of halogens is 1. The van der Waals surface area contributed by atoms with Crippen molar-refractivity contribution in [2.75, 3.05) is 0 Å². The zero-order valence-electron chi connectivity index (χ0n) is 9.03. The number of aromatic nitrogens is 2. The molecule has 0 bridgehead atoms. The van der Waals surface area contributed by atoms with E-state index < -0.39 is 0 Å². The fraction of sp³-hybridized carbons (Fsp3) is 0.818. The molecule has 1 saturated carbocycles. The van der Waals surface area contributed by atoms with Crippen molar-refractivity contribution in [2.24, 2.45) is 11.8 Å². The van der Waals surface area contributed by atoms with Crippen molar-refractivity contribution in [3.05, 3.63) is 11.9 Å². The van der Waals surface area contributed by atoms with Crippen LogP contribution in [0.15, 0.2) is 6.20 Å².